The minimum absolute atomic E-state index is 0.0330. The number of amides is 1. The molecule has 0 aromatic heterocycles. The number of hydrogen-bond acceptors (Lipinski definition) is 8. The Morgan fingerprint density at radius 3 is 2.16 bits per heavy atom. The van der Waals surface area contributed by atoms with Crippen molar-refractivity contribution < 1.29 is 38.4 Å². The van der Waals surface area contributed by atoms with Gasteiger partial charge < -0.3 is 33.7 Å². The first-order valence-electron chi connectivity index (χ1n) is 12.0. The number of carbonyl (C=O) groups is 2. The molecule has 0 saturated carbocycles. The summed E-state index contributed by atoms with van der Waals surface area (Å²) >= 11 is 0. The molecule has 1 saturated heterocycles. The van der Waals surface area contributed by atoms with Gasteiger partial charge in [-0.3, -0.25) is 9.59 Å². The summed E-state index contributed by atoms with van der Waals surface area (Å²) in [5.74, 6) is 0.313. The predicted octanol–water partition coefficient (Wildman–Crippen LogP) is 4.12. The van der Waals surface area contributed by atoms with Crippen molar-refractivity contribution in [2.45, 2.75) is 26.8 Å². The van der Waals surface area contributed by atoms with Crippen molar-refractivity contribution >= 4 is 17.4 Å². The van der Waals surface area contributed by atoms with Gasteiger partial charge in [-0.05, 0) is 54.3 Å². The first-order valence-corrected chi connectivity index (χ1v) is 12.0. The predicted molar refractivity (Wildman–Crippen MR) is 138 cm³/mol. The standard InChI is InChI=1S/C28H35NO8/c1-16(2)15-37-19-8-9-20(17(3)12-19)25(30)23-24(29(10-11-33-4)28(32)26(23)31)18-13-21(34-5)27(36-7)22(14-18)35-6/h8-9,12-14,16,24,30H,10-11,15H2,1-7H3/b25-23+/t24-/m0/s1. The number of methoxy groups -OCH3 is 4. The molecule has 37 heavy (non-hydrogen) atoms. The van der Waals surface area contributed by atoms with E-state index in [0.29, 0.717) is 52.2 Å². The van der Waals surface area contributed by atoms with Gasteiger partial charge in [0.2, 0.25) is 5.75 Å². The zero-order valence-electron chi connectivity index (χ0n) is 22.4. The number of rotatable bonds is 11. The normalized spacial score (nSPS) is 16.9. The van der Waals surface area contributed by atoms with Crippen molar-refractivity contribution in [1.82, 2.24) is 4.90 Å². The quantitative estimate of drug-likeness (QED) is 0.272. The molecule has 1 N–H and O–H groups in total. The number of benzene rings is 2. The maximum atomic E-state index is 13.3. The van der Waals surface area contributed by atoms with Crippen molar-refractivity contribution in [3.05, 3.63) is 52.6 Å². The maximum absolute atomic E-state index is 13.3. The number of aliphatic hydroxyl groups is 1. The fraction of sp³-hybridized carbons (Fsp3) is 0.429. The summed E-state index contributed by atoms with van der Waals surface area (Å²) in [6.07, 6.45) is 0. The van der Waals surface area contributed by atoms with Crippen LogP contribution in [0.25, 0.3) is 5.76 Å². The first-order chi connectivity index (χ1) is 17.7. The molecule has 0 radical (unpaired) electrons. The smallest absolute Gasteiger partial charge is 0.295 e. The Labute approximate surface area is 217 Å². The van der Waals surface area contributed by atoms with Crippen molar-refractivity contribution in [2.24, 2.45) is 5.92 Å². The Morgan fingerprint density at radius 2 is 1.65 bits per heavy atom. The third-order valence-electron chi connectivity index (χ3n) is 6.12. The van der Waals surface area contributed by atoms with Crippen LogP contribution < -0.4 is 18.9 Å². The number of hydrogen-bond donors (Lipinski definition) is 1. The van der Waals surface area contributed by atoms with E-state index in [1.807, 2.05) is 6.92 Å². The van der Waals surface area contributed by atoms with E-state index in [4.69, 9.17) is 23.7 Å². The van der Waals surface area contributed by atoms with E-state index in [2.05, 4.69) is 13.8 Å². The number of carbonyl (C=O) groups excluding carboxylic acids is 2. The molecule has 9 heteroatoms. The number of Topliss-reactive ketones (excluding diaryl/α,β-unsaturated/α-hetero) is 1. The van der Waals surface area contributed by atoms with Gasteiger partial charge in [-0.1, -0.05) is 13.8 Å². The molecule has 1 atom stereocenters. The summed E-state index contributed by atoms with van der Waals surface area (Å²) in [6.45, 7) is 6.82. The summed E-state index contributed by atoms with van der Waals surface area (Å²) in [5, 5.41) is 11.4. The summed E-state index contributed by atoms with van der Waals surface area (Å²) in [5.41, 5.74) is 1.61. The minimum Gasteiger partial charge on any atom is -0.507 e. The second kappa shape index (κ2) is 12.0. The highest BCUT2D eigenvalue weighted by atomic mass is 16.5. The lowest BCUT2D eigenvalue weighted by Gasteiger charge is -2.26. The average Bonchev–Trinajstić information content (AvgIpc) is 3.14. The van der Waals surface area contributed by atoms with Gasteiger partial charge in [0.1, 0.15) is 11.5 Å². The van der Waals surface area contributed by atoms with Gasteiger partial charge in [-0.2, -0.15) is 0 Å². The molecule has 1 amide bonds. The van der Waals surface area contributed by atoms with E-state index in [1.54, 1.807) is 30.3 Å². The fourth-order valence-electron chi connectivity index (χ4n) is 4.31. The van der Waals surface area contributed by atoms with Crippen molar-refractivity contribution in [3.8, 4) is 23.0 Å². The molecule has 3 rings (SSSR count). The van der Waals surface area contributed by atoms with Gasteiger partial charge in [0.25, 0.3) is 11.7 Å². The highest BCUT2D eigenvalue weighted by Gasteiger charge is 2.46. The molecule has 1 aliphatic heterocycles. The zero-order valence-corrected chi connectivity index (χ0v) is 22.4. The van der Waals surface area contributed by atoms with Crippen LogP contribution in [-0.2, 0) is 14.3 Å². The molecule has 0 unspecified atom stereocenters. The number of ketones is 1. The molecule has 2 aromatic rings. The molecule has 9 nitrogen and oxygen atoms in total. The molecule has 0 bridgehead atoms. The van der Waals surface area contributed by atoms with Gasteiger partial charge >= 0.3 is 0 Å². The Morgan fingerprint density at radius 1 is 1.00 bits per heavy atom. The van der Waals surface area contributed by atoms with Gasteiger partial charge in [0.05, 0.1) is 46.2 Å². The highest BCUT2D eigenvalue weighted by molar-refractivity contribution is 6.46. The lowest BCUT2D eigenvalue weighted by molar-refractivity contribution is -0.140. The largest absolute Gasteiger partial charge is 0.507 e. The number of nitrogens with zero attached hydrogens (tertiary/aromatic N) is 1. The second-order valence-corrected chi connectivity index (χ2v) is 9.13. The van der Waals surface area contributed by atoms with E-state index in [9.17, 15) is 14.7 Å². The molecule has 200 valence electrons. The van der Waals surface area contributed by atoms with Crippen LogP contribution >= 0.6 is 0 Å². The lowest BCUT2D eigenvalue weighted by Crippen LogP contribution is -2.32. The van der Waals surface area contributed by atoms with Gasteiger partial charge in [-0.15, -0.1) is 0 Å². The van der Waals surface area contributed by atoms with Crippen molar-refractivity contribution in [3.63, 3.8) is 0 Å². The van der Waals surface area contributed by atoms with Crippen LogP contribution in [0.3, 0.4) is 0 Å². The van der Waals surface area contributed by atoms with Crippen LogP contribution in [0, 0.1) is 12.8 Å². The molecule has 1 fully saturated rings. The SMILES string of the molecule is COCCN1C(=O)C(=O)/C(=C(/O)c2ccc(OCC(C)C)cc2C)[C@@H]1c1cc(OC)c(OC)c(OC)c1. The van der Waals surface area contributed by atoms with Crippen molar-refractivity contribution in [1.29, 1.82) is 0 Å². The summed E-state index contributed by atoms with van der Waals surface area (Å²) in [6, 6.07) is 7.66. The molecule has 2 aromatic carbocycles. The van der Waals surface area contributed by atoms with Crippen molar-refractivity contribution in [2.75, 3.05) is 48.2 Å². The number of aliphatic hydroxyl groups excluding tert-OH is 1. The molecular formula is C28H35NO8. The van der Waals surface area contributed by atoms with Crippen LogP contribution in [0.4, 0.5) is 0 Å². The fourth-order valence-corrected chi connectivity index (χ4v) is 4.31. The summed E-state index contributed by atoms with van der Waals surface area (Å²) < 4.78 is 27.4. The zero-order chi connectivity index (χ0) is 27.3. The van der Waals surface area contributed by atoms with Crippen LogP contribution in [0.5, 0.6) is 23.0 Å². The third kappa shape index (κ3) is 5.67. The van der Waals surface area contributed by atoms with Crippen LogP contribution in [0.1, 0.15) is 36.6 Å². The highest BCUT2D eigenvalue weighted by Crippen LogP contribution is 2.45. The van der Waals surface area contributed by atoms with Crippen LogP contribution in [-0.4, -0.2) is 69.9 Å². The van der Waals surface area contributed by atoms with Crippen LogP contribution in [0.2, 0.25) is 0 Å². The van der Waals surface area contributed by atoms with Gasteiger partial charge in [0.15, 0.2) is 11.5 Å². The Balaban J connectivity index is 2.19. The molecular weight excluding hydrogens is 478 g/mol. The van der Waals surface area contributed by atoms with E-state index in [-0.39, 0.29) is 24.5 Å². The molecule has 0 spiro atoms. The average molecular weight is 514 g/mol. The maximum Gasteiger partial charge on any atom is 0.295 e. The summed E-state index contributed by atoms with van der Waals surface area (Å²) in [4.78, 5) is 27.8. The van der Waals surface area contributed by atoms with Crippen LogP contribution in [0.15, 0.2) is 35.9 Å². The monoisotopic (exact) mass is 513 g/mol. The number of aryl methyl sites for hydroxylation is 1. The van der Waals surface area contributed by atoms with Gasteiger partial charge in [0, 0.05) is 19.2 Å². The Bertz CT molecular complexity index is 1160. The molecule has 0 aliphatic carbocycles. The van der Waals surface area contributed by atoms with E-state index in [1.165, 1.54) is 33.3 Å². The van der Waals surface area contributed by atoms with Gasteiger partial charge in [-0.25, -0.2) is 0 Å². The summed E-state index contributed by atoms with van der Waals surface area (Å²) in [7, 11) is 5.96. The van der Waals surface area contributed by atoms with E-state index < -0.39 is 17.7 Å². The molecule has 1 aliphatic rings. The lowest BCUT2D eigenvalue weighted by atomic mass is 9.93. The first kappa shape index (κ1) is 27.9. The topological polar surface area (TPSA) is 104 Å². The third-order valence-corrected chi connectivity index (χ3v) is 6.12. The Hall–Kier alpha value is -3.72. The molecule has 1 heterocycles. The van der Waals surface area contributed by atoms with E-state index in [0.717, 1.165) is 0 Å². The number of likely N-dealkylation sites (tertiary alicyclic amines) is 1. The Kier molecular flexibility index (Phi) is 9.04. The van der Waals surface area contributed by atoms with E-state index >= 15 is 0 Å². The minimum atomic E-state index is -0.903. The second-order valence-electron chi connectivity index (χ2n) is 9.13. The number of ether oxygens (including phenoxy) is 5.